The standard InChI is InChI=1S/C23H19ClN4O3/c1-31-18-8-2-5-15(11-18)20-13-22(30)28(23-19(27-20)9-4-10-25-23)14-21(29)26-17-7-3-6-16(24)12-17/h2-12H,13-14H2,1H3,(H,26,29). The van der Waals surface area contributed by atoms with Crippen molar-refractivity contribution in [1.29, 1.82) is 0 Å². The van der Waals surface area contributed by atoms with Gasteiger partial charge in [0.05, 0.1) is 19.2 Å². The summed E-state index contributed by atoms with van der Waals surface area (Å²) in [6.07, 6.45) is 1.59. The van der Waals surface area contributed by atoms with Crippen molar-refractivity contribution < 1.29 is 14.3 Å². The van der Waals surface area contributed by atoms with E-state index in [2.05, 4.69) is 15.3 Å². The van der Waals surface area contributed by atoms with Crippen molar-refractivity contribution in [2.24, 2.45) is 4.99 Å². The van der Waals surface area contributed by atoms with Crippen molar-refractivity contribution in [2.45, 2.75) is 6.42 Å². The van der Waals surface area contributed by atoms with Gasteiger partial charge in [0, 0.05) is 22.5 Å². The van der Waals surface area contributed by atoms with Gasteiger partial charge in [0.2, 0.25) is 11.8 Å². The zero-order valence-electron chi connectivity index (χ0n) is 16.7. The first-order valence-corrected chi connectivity index (χ1v) is 9.94. The van der Waals surface area contributed by atoms with E-state index < -0.39 is 0 Å². The third-order valence-electron chi connectivity index (χ3n) is 4.71. The molecule has 0 saturated carbocycles. The third kappa shape index (κ3) is 4.73. The van der Waals surface area contributed by atoms with Crippen LogP contribution in [0.25, 0.3) is 0 Å². The Kier molecular flexibility index (Phi) is 5.95. The number of rotatable bonds is 5. The molecule has 0 fully saturated rings. The van der Waals surface area contributed by atoms with Crippen LogP contribution in [0.5, 0.6) is 5.75 Å². The maximum Gasteiger partial charge on any atom is 0.244 e. The molecule has 2 amide bonds. The summed E-state index contributed by atoms with van der Waals surface area (Å²) < 4.78 is 5.29. The zero-order valence-corrected chi connectivity index (χ0v) is 17.5. The quantitative estimate of drug-likeness (QED) is 0.651. The molecule has 0 atom stereocenters. The van der Waals surface area contributed by atoms with Crippen molar-refractivity contribution in [1.82, 2.24) is 4.98 Å². The highest BCUT2D eigenvalue weighted by atomic mass is 35.5. The molecule has 4 rings (SSSR count). The van der Waals surface area contributed by atoms with Crippen LogP contribution in [0, 0.1) is 0 Å². The van der Waals surface area contributed by atoms with Gasteiger partial charge in [0.1, 0.15) is 18.0 Å². The lowest BCUT2D eigenvalue weighted by Gasteiger charge is -2.20. The second kappa shape index (κ2) is 8.97. The second-order valence-electron chi connectivity index (χ2n) is 6.85. The number of aliphatic imine (C=N–C) groups is 1. The van der Waals surface area contributed by atoms with Gasteiger partial charge in [-0.25, -0.2) is 9.98 Å². The molecule has 1 aliphatic rings. The molecule has 156 valence electrons. The number of fused-ring (bicyclic) bond motifs is 1. The van der Waals surface area contributed by atoms with Gasteiger partial charge in [-0.15, -0.1) is 0 Å². The zero-order chi connectivity index (χ0) is 21.8. The van der Waals surface area contributed by atoms with Crippen molar-refractivity contribution in [2.75, 3.05) is 23.9 Å². The number of hydrogen-bond donors (Lipinski definition) is 1. The molecule has 0 unspecified atom stereocenters. The molecule has 2 aromatic carbocycles. The number of benzene rings is 2. The number of halogens is 1. The highest BCUT2D eigenvalue weighted by Gasteiger charge is 2.27. The average Bonchev–Trinajstić information content (AvgIpc) is 2.90. The topological polar surface area (TPSA) is 83.9 Å². The number of carbonyl (C=O) groups is 2. The first-order valence-electron chi connectivity index (χ1n) is 9.56. The van der Waals surface area contributed by atoms with Crippen LogP contribution >= 0.6 is 11.6 Å². The lowest BCUT2D eigenvalue weighted by Crippen LogP contribution is -2.38. The molecule has 1 aliphatic heterocycles. The fourth-order valence-corrected chi connectivity index (χ4v) is 3.46. The average molecular weight is 435 g/mol. The Balaban J connectivity index is 1.62. The molecule has 7 nitrogen and oxygen atoms in total. The van der Waals surface area contributed by atoms with E-state index in [-0.39, 0.29) is 24.8 Å². The molecular formula is C23H19ClN4O3. The Hall–Kier alpha value is -3.71. The number of hydrogen-bond acceptors (Lipinski definition) is 5. The summed E-state index contributed by atoms with van der Waals surface area (Å²) in [4.78, 5) is 36.1. The molecule has 0 spiro atoms. The summed E-state index contributed by atoms with van der Waals surface area (Å²) in [5.41, 5.74) is 2.42. The molecule has 0 bridgehead atoms. The van der Waals surface area contributed by atoms with Crippen molar-refractivity contribution in [3.63, 3.8) is 0 Å². The van der Waals surface area contributed by atoms with Gasteiger partial charge in [0.25, 0.3) is 0 Å². The maximum absolute atomic E-state index is 13.1. The molecule has 8 heteroatoms. The predicted octanol–water partition coefficient (Wildman–Crippen LogP) is 4.24. The molecule has 0 aliphatic carbocycles. The Morgan fingerprint density at radius 2 is 2.00 bits per heavy atom. The minimum atomic E-state index is -0.364. The highest BCUT2D eigenvalue weighted by Crippen LogP contribution is 2.31. The Bertz CT molecular complexity index is 1180. The summed E-state index contributed by atoms with van der Waals surface area (Å²) in [6, 6.07) is 17.7. The number of amides is 2. The molecule has 1 aromatic heterocycles. The van der Waals surface area contributed by atoms with Crippen LogP contribution in [0.3, 0.4) is 0 Å². The van der Waals surface area contributed by atoms with Crippen LogP contribution in [0.1, 0.15) is 12.0 Å². The van der Waals surface area contributed by atoms with E-state index in [0.717, 1.165) is 5.56 Å². The summed E-state index contributed by atoms with van der Waals surface area (Å²) in [5.74, 6) is 0.366. The molecular weight excluding hydrogens is 416 g/mol. The van der Waals surface area contributed by atoms with E-state index in [4.69, 9.17) is 16.3 Å². The number of anilines is 2. The Morgan fingerprint density at radius 3 is 2.81 bits per heavy atom. The van der Waals surface area contributed by atoms with Crippen LogP contribution in [-0.4, -0.2) is 36.2 Å². The summed E-state index contributed by atoms with van der Waals surface area (Å²) >= 11 is 5.98. The van der Waals surface area contributed by atoms with E-state index in [0.29, 0.717) is 33.7 Å². The van der Waals surface area contributed by atoms with E-state index >= 15 is 0 Å². The minimum absolute atomic E-state index is 0.0218. The highest BCUT2D eigenvalue weighted by molar-refractivity contribution is 6.31. The van der Waals surface area contributed by atoms with Crippen molar-refractivity contribution in [3.8, 4) is 5.75 Å². The smallest absolute Gasteiger partial charge is 0.244 e. The number of methoxy groups -OCH3 is 1. The fourth-order valence-electron chi connectivity index (χ4n) is 3.27. The van der Waals surface area contributed by atoms with Gasteiger partial charge < -0.3 is 10.1 Å². The number of carbonyl (C=O) groups excluding carboxylic acids is 2. The lowest BCUT2D eigenvalue weighted by molar-refractivity contribution is -0.120. The first kappa shape index (κ1) is 20.6. The van der Waals surface area contributed by atoms with Gasteiger partial charge >= 0.3 is 0 Å². The lowest BCUT2D eigenvalue weighted by atomic mass is 10.1. The summed E-state index contributed by atoms with van der Waals surface area (Å²) in [7, 11) is 1.58. The van der Waals surface area contributed by atoms with Crippen LogP contribution in [-0.2, 0) is 9.59 Å². The monoisotopic (exact) mass is 434 g/mol. The first-order chi connectivity index (χ1) is 15.0. The Morgan fingerprint density at radius 1 is 1.16 bits per heavy atom. The Labute approximate surface area is 184 Å². The second-order valence-corrected chi connectivity index (χ2v) is 7.29. The van der Waals surface area contributed by atoms with Crippen LogP contribution < -0.4 is 15.0 Å². The number of ether oxygens (including phenoxy) is 1. The van der Waals surface area contributed by atoms with Crippen molar-refractivity contribution >= 4 is 46.3 Å². The molecule has 0 saturated heterocycles. The normalized spacial score (nSPS) is 13.2. The molecule has 31 heavy (non-hydrogen) atoms. The fraction of sp³-hybridized carbons (Fsp3) is 0.130. The predicted molar refractivity (Wildman–Crippen MR) is 120 cm³/mol. The number of nitrogens with one attached hydrogen (secondary N) is 1. The number of aromatic nitrogens is 1. The molecule has 2 heterocycles. The van der Waals surface area contributed by atoms with Gasteiger partial charge in [0.15, 0.2) is 5.82 Å². The van der Waals surface area contributed by atoms with E-state index in [1.807, 2.05) is 24.3 Å². The van der Waals surface area contributed by atoms with Crippen LogP contribution in [0.2, 0.25) is 5.02 Å². The van der Waals surface area contributed by atoms with Crippen LogP contribution in [0.4, 0.5) is 17.2 Å². The van der Waals surface area contributed by atoms with Gasteiger partial charge in [-0.05, 0) is 42.5 Å². The molecule has 0 radical (unpaired) electrons. The minimum Gasteiger partial charge on any atom is -0.497 e. The molecule has 1 N–H and O–H groups in total. The largest absolute Gasteiger partial charge is 0.497 e. The van der Waals surface area contributed by atoms with Gasteiger partial charge in [-0.1, -0.05) is 29.8 Å². The maximum atomic E-state index is 13.1. The van der Waals surface area contributed by atoms with Crippen LogP contribution in [0.15, 0.2) is 71.9 Å². The van der Waals surface area contributed by atoms with Crippen molar-refractivity contribution in [3.05, 3.63) is 77.4 Å². The summed E-state index contributed by atoms with van der Waals surface area (Å²) in [6.45, 7) is -0.198. The molecule has 3 aromatic rings. The summed E-state index contributed by atoms with van der Waals surface area (Å²) in [5, 5.41) is 3.27. The van der Waals surface area contributed by atoms with Gasteiger partial charge in [-0.2, -0.15) is 0 Å². The third-order valence-corrected chi connectivity index (χ3v) is 4.95. The van der Waals surface area contributed by atoms with Gasteiger partial charge in [-0.3, -0.25) is 14.5 Å². The van der Waals surface area contributed by atoms with E-state index in [9.17, 15) is 9.59 Å². The SMILES string of the molecule is COc1cccc(C2=Nc3cccnc3N(CC(=O)Nc3cccc(Cl)c3)C(=O)C2)c1. The number of pyridine rings is 1. The van der Waals surface area contributed by atoms with E-state index in [1.165, 1.54) is 4.90 Å². The number of nitrogens with zero attached hydrogens (tertiary/aromatic N) is 3. The van der Waals surface area contributed by atoms with E-state index in [1.54, 1.807) is 49.7 Å².